The second-order valence-corrected chi connectivity index (χ2v) is 3.79. The van der Waals surface area contributed by atoms with Crippen molar-refractivity contribution in [1.29, 1.82) is 0 Å². The normalized spacial score (nSPS) is 10.4. The van der Waals surface area contributed by atoms with Crippen LogP contribution in [0.15, 0.2) is 30.5 Å². The van der Waals surface area contributed by atoms with E-state index in [-0.39, 0.29) is 22.8 Å². The average Bonchev–Trinajstić information content (AvgIpc) is 2.34. The maximum absolute atomic E-state index is 11.7. The molecule has 1 aromatic carbocycles. The molecule has 0 N–H and O–H groups in total. The van der Waals surface area contributed by atoms with Gasteiger partial charge in [-0.15, -0.1) is 0 Å². The van der Waals surface area contributed by atoms with Gasteiger partial charge in [0.2, 0.25) is 0 Å². The van der Waals surface area contributed by atoms with E-state index in [1.165, 1.54) is 31.4 Å². The van der Waals surface area contributed by atoms with Crippen molar-refractivity contribution < 1.29 is 14.5 Å². The van der Waals surface area contributed by atoms with Crippen LogP contribution in [-0.2, 0) is 0 Å². The number of nitro benzene ring substituents is 1. The molecule has 0 aromatic heterocycles. The van der Waals surface area contributed by atoms with E-state index in [9.17, 15) is 14.9 Å². The highest BCUT2D eigenvalue weighted by Crippen LogP contribution is 2.27. The maximum Gasteiger partial charge on any atom is 0.311 e. The Morgan fingerprint density at radius 1 is 1.44 bits per heavy atom. The Labute approximate surface area is 105 Å². The summed E-state index contributed by atoms with van der Waals surface area (Å²) < 4.78 is 4.86. The summed E-state index contributed by atoms with van der Waals surface area (Å²) in [7, 11) is 4.90. The van der Waals surface area contributed by atoms with Gasteiger partial charge < -0.3 is 9.64 Å². The highest BCUT2D eigenvalue weighted by atomic mass is 16.6. The average molecular weight is 250 g/mol. The monoisotopic (exact) mass is 250 g/mol. The predicted octanol–water partition coefficient (Wildman–Crippen LogP) is 1.86. The lowest BCUT2D eigenvalue weighted by Gasteiger charge is -2.04. The van der Waals surface area contributed by atoms with E-state index in [0.29, 0.717) is 0 Å². The first-order chi connectivity index (χ1) is 8.45. The quantitative estimate of drug-likeness (QED) is 0.345. The van der Waals surface area contributed by atoms with Crippen LogP contribution in [0, 0.1) is 10.1 Å². The Morgan fingerprint density at radius 2 is 2.11 bits per heavy atom. The number of hydrogen-bond donors (Lipinski definition) is 0. The van der Waals surface area contributed by atoms with Crippen LogP contribution in [0.2, 0.25) is 0 Å². The van der Waals surface area contributed by atoms with Crippen molar-refractivity contribution in [1.82, 2.24) is 4.90 Å². The second kappa shape index (κ2) is 5.81. The molecule has 96 valence electrons. The molecule has 0 aliphatic rings. The summed E-state index contributed by atoms with van der Waals surface area (Å²) in [6, 6.07) is 4.12. The number of ether oxygens (including phenoxy) is 1. The largest absolute Gasteiger partial charge is 0.490 e. The van der Waals surface area contributed by atoms with Gasteiger partial charge in [-0.3, -0.25) is 14.9 Å². The highest BCUT2D eigenvalue weighted by molar-refractivity contribution is 6.05. The van der Waals surface area contributed by atoms with Crippen molar-refractivity contribution in [3.8, 4) is 5.75 Å². The molecule has 0 aliphatic carbocycles. The zero-order valence-corrected chi connectivity index (χ0v) is 10.4. The number of methoxy groups -OCH3 is 1. The number of benzene rings is 1. The summed E-state index contributed by atoms with van der Waals surface area (Å²) in [5, 5.41) is 10.8. The molecular weight excluding hydrogens is 236 g/mol. The summed E-state index contributed by atoms with van der Waals surface area (Å²) in [6.45, 7) is 0. The maximum atomic E-state index is 11.7. The molecule has 0 heterocycles. The van der Waals surface area contributed by atoms with Gasteiger partial charge in [0.25, 0.3) is 0 Å². The molecule has 0 saturated carbocycles. The minimum atomic E-state index is -0.578. The van der Waals surface area contributed by atoms with Crippen LogP contribution in [0.1, 0.15) is 10.4 Å². The number of hydrogen-bond acceptors (Lipinski definition) is 5. The van der Waals surface area contributed by atoms with Gasteiger partial charge in [-0.2, -0.15) is 0 Å². The lowest BCUT2D eigenvalue weighted by Crippen LogP contribution is -2.04. The minimum Gasteiger partial charge on any atom is -0.490 e. The van der Waals surface area contributed by atoms with Gasteiger partial charge >= 0.3 is 5.69 Å². The fourth-order valence-corrected chi connectivity index (χ4v) is 1.30. The Hall–Kier alpha value is -2.37. The smallest absolute Gasteiger partial charge is 0.311 e. The van der Waals surface area contributed by atoms with Crippen LogP contribution in [-0.4, -0.2) is 36.8 Å². The summed E-state index contributed by atoms with van der Waals surface area (Å²) >= 11 is 0. The number of nitro groups is 1. The number of rotatable bonds is 5. The molecule has 18 heavy (non-hydrogen) atoms. The summed E-state index contributed by atoms with van der Waals surface area (Å²) in [6.07, 6.45) is 2.93. The summed E-state index contributed by atoms with van der Waals surface area (Å²) in [5.41, 5.74) is 0.0298. The lowest BCUT2D eigenvalue weighted by atomic mass is 10.1. The van der Waals surface area contributed by atoms with Gasteiger partial charge in [0.05, 0.1) is 12.0 Å². The minimum absolute atomic E-state index is 0.133. The van der Waals surface area contributed by atoms with E-state index >= 15 is 0 Å². The molecule has 0 spiro atoms. The molecular formula is C12H14N2O4. The van der Waals surface area contributed by atoms with Crippen molar-refractivity contribution in [2.75, 3.05) is 21.2 Å². The van der Waals surface area contributed by atoms with Gasteiger partial charge in [0, 0.05) is 38.0 Å². The second-order valence-electron chi connectivity index (χ2n) is 3.79. The van der Waals surface area contributed by atoms with Crippen LogP contribution < -0.4 is 4.74 Å². The lowest BCUT2D eigenvalue weighted by molar-refractivity contribution is -0.385. The van der Waals surface area contributed by atoms with Gasteiger partial charge in [-0.25, -0.2) is 0 Å². The van der Waals surface area contributed by atoms with Gasteiger partial charge in [0.15, 0.2) is 11.5 Å². The van der Waals surface area contributed by atoms with Crippen molar-refractivity contribution in [2.24, 2.45) is 0 Å². The predicted molar refractivity (Wildman–Crippen MR) is 66.8 cm³/mol. The summed E-state index contributed by atoms with van der Waals surface area (Å²) in [5.74, 6) is -0.164. The first-order valence-electron chi connectivity index (χ1n) is 5.17. The van der Waals surface area contributed by atoms with E-state index in [1.807, 2.05) is 0 Å². The molecule has 6 heteroatoms. The number of carbonyl (C=O) groups excluding carboxylic acids is 1. The number of nitrogens with zero attached hydrogens (tertiary/aromatic N) is 2. The first-order valence-corrected chi connectivity index (χ1v) is 5.17. The van der Waals surface area contributed by atoms with E-state index in [1.54, 1.807) is 25.2 Å². The fraction of sp³-hybridized carbons (Fsp3) is 0.250. The molecule has 0 amide bonds. The third kappa shape index (κ3) is 3.31. The first kappa shape index (κ1) is 13.7. The fourth-order valence-electron chi connectivity index (χ4n) is 1.30. The summed E-state index contributed by atoms with van der Waals surface area (Å²) in [4.78, 5) is 23.7. The topological polar surface area (TPSA) is 72.7 Å². The third-order valence-corrected chi connectivity index (χ3v) is 2.18. The van der Waals surface area contributed by atoms with Crippen molar-refractivity contribution in [2.45, 2.75) is 0 Å². The van der Waals surface area contributed by atoms with E-state index in [0.717, 1.165) is 0 Å². The molecule has 0 atom stereocenters. The zero-order chi connectivity index (χ0) is 13.7. The number of allylic oxidation sites excluding steroid dienone is 1. The Kier molecular flexibility index (Phi) is 4.42. The zero-order valence-electron chi connectivity index (χ0n) is 10.4. The third-order valence-electron chi connectivity index (χ3n) is 2.18. The SMILES string of the molecule is COc1ccc(C(=O)/C=C/N(C)C)cc1[N+](=O)[O-]. The van der Waals surface area contributed by atoms with E-state index in [4.69, 9.17) is 4.74 Å². The van der Waals surface area contributed by atoms with Crippen molar-refractivity contribution in [3.05, 3.63) is 46.2 Å². The molecule has 1 aromatic rings. The van der Waals surface area contributed by atoms with Crippen LogP contribution >= 0.6 is 0 Å². The van der Waals surface area contributed by atoms with Crippen LogP contribution in [0.25, 0.3) is 0 Å². The van der Waals surface area contributed by atoms with Gasteiger partial charge in [-0.1, -0.05) is 0 Å². The van der Waals surface area contributed by atoms with Crippen molar-refractivity contribution in [3.63, 3.8) is 0 Å². The van der Waals surface area contributed by atoms with Crippen molar-refractivity contribution >= 4 is 11.5 Å². The Balaban J connectivity index is 3.08. The standard InChI is InChI=1S/C12H14N2O4/c1-13(2)7-6-11(15)9-4-5-12(18-3)10(8-9)14(16)17/h4-8H,1-3H3/b7-6+. The van der Waals surface area contributed by atoms with E-state index < -0.39 is 4.92 Å². The van der Waals surface area contributed by atoms with E-state index in [2.05, 4.69) is 0 Å². The number of carbonyl (C=O) groups is 1. The van der Waals surface area contributed by atoms with Gasteiger partial charge in [-0.05, 0) is 12.1 Å². The van der Waals surface area contributed by atoms with Crippen LogP contribution in [0.3, 0.4) is 0 Å². The molecule has 0 bridgehead atoms. The molecule has 0 unspecified atom stereocenters. The molecule has 0 radical (unpaired) electrons. The Morgan fingerprint density at radius 3 is 2.61 bits per heavy atom. The number of ketones is 1. The van der Waals surface area contributed by atoms with Crippen LogP contribution in [0.4, 0.5) is 5.69 Å². The van der Waals surface area contributed by atoms with Crippen LogP contribution in [0.5, 0.6) is 5.75 Å². The Bertz CT molecular complexity index is 495. The van der Waals surface area contributed by atoms with Gasteiger partial charge in [0.1, 0.15) is 0 Å². The molecule has 6 nitrogen and oxygen atoms in total. The molecule has 0 fully saturated rings. The highest BCUT2D eigenvalue weighted by Gasteiger charge is 2.17. The molecule has 1 rings (SSSR count). The molecule has 0 aliphatic heterocycles. The molecule has 0 saturated heterocycles.